The van der Waals surface area contributed by atoms with Gasteiger partial charge in [-0.05, 0) is 29.9 Å². The molecule has 124 valence electrons. The van der Waals surface area contributed by atoms with Gasteiger partial charge in [-0.3, -0.25) is 4.79 Å². The lowest BCUT2D eigenvalue weighted by atomic mass is 9.95. The van der Waals surface area contributed by atoms with Crippen molar-refractivity contribution in [1.29, 1.82) is 0 Å². The smallest absolute Gasteiger partial charge is 0.220 e. The van der Waals surface area contributed by atoms with Crippen molar-refractivity contribution in [1.82, 2.24) is 5.32 Å². The summed E-state index contributed by atoms with van der Waals surface area (Å²) in [5.74, 6) is -0.578. The Morgan fingerprint density at radius 3 is 2.36 bits per heavy atom. The molecule has 0 aliphatic rings. The van der Waals surface area contributed by atoms with E-state index in [-0.39, 0.29) is 54.9 Å². The second-order valence-corrected chi connectivity index (χ2v) is 5.87. The lowest BCUT2D eigenvalue weighted by Crippen LogP contribution is -2.42. The van der Waals surface area contributed by atoms with Crippen LogP contribution in [0.3, 0.4) is 0 Å². The van der Waals surface area contributed by atoms with E-state index in [0.717, 1.165) is 0 Å². The fourth-order valence-corrected chi connectivity index (χ4v) is 2.19. The lowest BCUT2D eigenvalue weighted by molar-refractivity contribution is -0.123. The van der Waals surface area contributed by atoms with Crippen LogP contribution in [0.5, 0.6) is 11.5 Å². The van der Waals surface area contributed by atoms with Gasteiger partial charge in [0, 0.05) is 19.1 Å². The summed E-state index contributed by atoms with van der Waals surface area (Å²) in [6.45, 7) is 3.48. The fourth-order valence-electron chi connectivity index (χ4n) is 2.19. The molecule has 6 nitrogen and oxygen atoms in total. The molecule has 1 rings (SSSR count). The number of carbonyl (C=O) groups excluding carboxylic acids is 1. The molecule has 0 saturated carbocycles. The second kappa shape index (κ2) is 8.60. The Morgan fingerprint density at radius 2 is 1.86 bits per heavy atom. The number of phenols is 2. The van der Waals surface area contributed by atoms with Crippen molar-refractivity contribution < 1.29 is 25.2 Å². The van der Waals surface area contributed by atoms with Crippen LogP contribution in [0.4, 0.5) is 0 Å². The number of rotatable bonds is 8. The zero-order valence-corrected chi connectivity index (χ0v) is 13.0. The van der Waals surface area contributed by atoms with E-state index in [1.165, 1.54) is 12.1 Å². The molecule has 5 N–H and O–H groups in total. The molecular formula is C16H25NO5. The Morgan fingerprint density at radius 1 is 1.18 bits per heavy atom. The highest BCUT2D eigenvalue weighted by Gasteiger charge is 2.19. The Hall–Kier alpha value is -1.79. The molecule has 0 heterocycles. The van der Waals surface area contributed by atoms with Crippen LogP contribution in [0.2, 0.25) is 0 Å². The Labute approximate surface area is 130 Å². The lowest BCUT2D eigenvalue weighted by Gasteiger charge is -2.21. The third-order valence-electron chi connectivity index (χ3n) is 3.66. The van der Waals surface area contributed by atoms with Crippen LogP contribution in [0, 0.1) is 11.8 Å². The van der Waals surface area contributed by atoms with Crippen molar-refractivity contribution >= 4 is 5.91 Å². The first-order valence-corrected chi connectivity index (χ1v) is 7.39. The fraction of sp³-hybridized carbons (Fsp3) is 0.562. The summed E-state index contributed by atoms with van der Waals surface area (Å²) in [5, 5.41) is 40.4. The maximum Gasteiger partial charge on any atom is 0.220 e. The van der Waals surface area contributed by atoms with Crippen molar-refractivity contribution in [2.24, 2.45) is 11.8 Å². The average molecular weight is 311 g/mol. The minimum Gasteiger partial charge on any atom is -0.508 e. The van der Waals surface area contributed by atoms with E-state index >= 15 is 0 Å². The molecule has 0 radical (unpaired) electrons. The van der Waals surface area contributed by atoms with Gasteiger partial charge in [0.15, 0.2) is 0 Å². The van der Waals surface area contributed by atoms with Crippen LogP contribution in [0.15, 0.2) is 18.2 Å². The quantitative estimate of drug-likeness (QED) is 0.487. The van der Waals surface area contributed by atoms with E-state index in [0.29, 0.717) is 12.0 Å². The number of hydrogen-bond acceptors (Lipinski definition) is 5. The van der Waals surface area contributed by atoms with Crippen LogP contribution in [0.25, 0.3) is 0 Å². The minimum absolute atomic E-state index is 0.0396. The second-order valence-electron chi connectivity index (χ2n) is 5.87. The number of amides is 1. The van der Waals surface area contributed by atoms with Crippen LogP contribution in [-0.4, -0.2) is 45.6 Å². The summed E-state index contributed by atoms with van der Waals surface area (Å²) in [5.41, 5.74) is 0.562. The van der Waals surface area contributed by atoms with E-state index < -0.39 is 0 Å². The van der Waals surface area contributed by atoms with Crippen molar-refractivity contribution in [3.05, 3.63) is 23.8 Å². The molecule has 0 aliphatic carbocycles. The van der Waals surface area contributed by atoms with E-state index in [4.69, 9.17) is 0 Å². The number of aromatic hydroxyl groups is 2. The van der Waals surface area contributed by atoms with Gasteiger partial charge < -0.3 is 25.7 Å². The Kier molecular flexibility index (Phi) is 7.14. The van der Waals surface area contributed by atoms with E-state index in [2.05, 4.69) is 5.32 Å². The highest BCUT2D eigenvalue weighted by atomic mass is 16.3. The number of aliphatic hydroxyl groups is 2. The van der Waals surface area contributed by atoms with Crippen molar-refractivity contribution in [3.8, 4) is 11.5 Å². The predicted molar refractivity (Wildman–Crippen MR) is 82.5 cm³/mol. The molecule has 2 atom stereocenters. The number of nitrogens with one attached hydrogen (secondary N) is 1. The largest absolute Gasteiger partial charge is 0.508 e. The van der Waals surface area contributed by atoms with E-state index in [9.17, 15) is 25.2 Å². The van der Waals surface area contributed by atoms with Crippen LogP contribution in [0.1, 0.15) is 25.8 Å². The topological polar surface area (TPSA) is 110 Å². The van der Waals surface area contributed by atoms with Gasteiger partial charge in [-0.1, -0.05) is 19.9 Å². The zero-order chi connectivity index (χ0) is 16.7. The molecule has 0 fully saturated rings. The molecule has 0 aromatic heterocycles. The SMILES string of the molecule is CC(C)C(CO)NC(=O)CC(CO)Cc1ccc(O)cc1O. The first-order valence-electron chi connectivity index (χ1n) is 7.39. The van der Waals surface area contributed by atoms with Crippen molar-refractivity contribution in [2.75, 3.05) is 13.2 Å². The number of carbonyl (C=O) groups is 1. The number of phenolic OH excluding ortho intramolecular Hbond substituents is 2. The standard InChI is InChI=1S/C16H25NO5/c1-10(2)14(9-19)17-16(22)6-11(8-18)5-12-3-4-13(20)7-15(12)21/h3-4,7,10-11,14,18-21H,5-6,8-9H2,1-2H3,(H,17,22). The molecule has 1 aromatic rings. The normalized spacial score (nSPS) is 13.9. The van der Waals surface area contributed by atoms with Gasteiger partial charge in [-0.15, -0.1) is 0 Å². The summed E-state index contributed by atoms with van der Waals surface area (Å²) < 4.78 is 0. The van der Waals surface area contributed by atoms with E-state index in [1.54, 1.807) is 6.07 Å². The van der Waals surface area contributed by atoms with Gasteiger partial charge in [-0.25, -0.2) is 0 Å². The van der Waals surface area contributed by atoms with Crippen LogP contribution < -0.4 is 5.32 Å². The van der Waals surface area contributed by atoms with Gasteiger partial charge in [0.2, 0.25) is 5.91 Å². The Bertz CT molecular complexity index is 489. The summed E-state index contributed by atoms with van der Waals surface area (Å²) in [7, 11) is 0. The molecule has 2 unspecified atom stereocenters. The molecule has 0 spiro atoms. The zero-order valence-electron chi connectivity index (χ0n) is 13.0. The maximum absolute atomic E-state index is 12.0. The summed E-state index contributed by atoms with van der Waals surface area (Å²) >= 11 is 0. The Balaban J connectivity index is 2.63. The third-order valence-corrected chi connectivity index (χ3v) is 3.66. The van der Waals surface area contributed by atoms with Crippen molar-refractivity contribution in [3.63, 3.8) is 0 Å². The van der Waals surface area contributed by atoms with Crippen LogP contribution in [-0.2, 0) is 11.2 Å². The predicted octanol–water partition coefficient (Wildman–Crippen LogP) is 0.772. The molecule has 0 saturated heterocycles. The van der Waals surface area contributed by atoms with E-state index in [1.807, 2.05) is 13.8 Å². The van der Waals surface area contributed by atoms with Gasteiger partial charge in [0.05, 0.1) is 12.6 Å². The van der Waals surface area contributed by atoms with Gasteiger partial charge >= 0.3 is 0 Å². The van der Waals surface area contributed by atoms with Crippen molar-refractivity contribution in [2.45, 2.75) is 32.7 Å². The van der Waals surface area contributed by atoms with Gasteiger partial charge in [0.1, 0.15) is 11.5 Å². The highest BCUT2D eigenvalue weighted by Crippen LogP contribution is 2.25. The molecule has 22 heavy (non-hydrogen) atoms. The summed E-state index contributed by atoms with van der Waals surface area (Å²) in [6.07, 6.45) is 0.418. The summed E-state index contributed by atoms with van der Waals surface area (Å²) in [6, 6.07) is 3.93. The molecular weight excluding hydrogens is 286 g/mol. The average Bonchev–Trinajstić information content (AvgIpc) is 2.46. The maximum atomic E-state index is 12.0. The molecule has 1 amide bonds. The molecule has 0 aliphatic heterocycles. The minimum atomic E-state index is -0.345. The first-order chi connectivity index (χ1) is 10.4. The first kappa shape index (κ1) is 18.3. The highest BCUT2D eigenvalue weighted by molar-refractivity contribution is 5.76. The number of aliphatic hydroxyl groups excluding tert-OH is 2. The van der Waals surface area contributed by atoms with Crippen LogP contribution >= 0.6 is 0 Å². The summed E-state index contributed by atoms with van der Waals surface area (Å²) in [4.78, 5) is 12.0. The number of benzene rings is 1. The molecule has 6 heteroatoms. The third kappa shape index (κ3) is 5.54. The molecule has 1 aromatic carbocycles. The monoisotopic (exact) mass is 311 g/mol. The number of hydrogen-bond donors (Lipinski definition) is 5. The molecule has 0 bridgehead atoms. The van der Waals surface area contributed by atoms with Gasteiger partial charge in [0.25, 0.3) is 0 Å². The van der Waals surface area contributed by atoms with Gasteiger partial charge in [-0.2, -0.15) is 0 Å².